The minimum Gasteiger partial charge on any atom is -0.489 e. The van der Waals surface area contributed by atoms with E-state index in [-0.39, 0.29) is 24.6 Å². The number of ketones is 2. The fourth-order valence-electron chi connectivity index (χ4n) is 2.98. The molecule has 0 fully saturated rings. The number of alkyl halides is 1. The lowest BCUT2D eigenvalue weighted by atomic mass is 9.90. The zero-order valence-electron chi connectivity index (χ0n) is 15.6. The molecule has 29 heavy (non-hydrogen) atoms. The zero-order chi connectivity index (χ0) is 21.1. The van der Waals surface area contributed by atoms with E-state index in [9.17, 15) is 9.59 Å². The number of halogens is 1. The number of hydrogen-bond acceptors (Lipinski definition) is 6. The molecule has 0 amide bonds. The van der Waals surface area contributed by atoms with Crippen LogP contribution in [0, 0.1) is 5.92 Å². The monoisotopic (exact) mass is 492 g/mol. The van der Waals surface area contributed by atoms with E-state index in [1.54, 1.807) is 36.4 Å². The van der Waals surface area contributed by atoms with Gasteiger partial charge in [0.2, 0.25) is 0 Å². The first-order valence-electron chi connectivity index (χ1n) is 9.04. The van der Waals surface area contributed by atoms with E-state index in [1.165, 1.54) is 0 Å². The summed E-state index contributed by atoms with van der Waals surface area (Å²) in [5.41, 5.74) is 3.53. The summed E-state index contributed by atoms with van der Waals surface area (Å²) in [6, 6.07) is 18.0. The van der Waals surface area contributed by atoms with Gasteiger partial charge < -0.3 is 9.47 Å². The van der Waals surface area contributed by atoms with Gasteiger partial charge in [0.15, 0.2) is 11.6 Å². The Hall–Kier alpha value is -1.96. The van der Waals surface area contributed by atoms with E-state index >= 15 is 0 Å². The summed E-state index contributed by atoms with van der Waals surface area (Å²) in [4.78, 5) is 24.8. The van der Waals surface area contributed by atoms with E-state index in [0.29, 0.717) is 17.5 Å². The molecular weight excluding hydrogens is 472 g/mol. The Balaban J connectivity index is 2.16. The minimum absolute atomic E-state index is 0.00132. The highest BCUT2D eigenvalue weighted by Crippen LogP contribution is 2.27. The Bertz CT molecular complexity index is 814. The van der Waals surface area contributed by atoms with Crippen LogP contribution in [0.1, 0.15) is 33.6 Å². The fourth-order valence-corrected chi connectivity index (χ4v) is 3.96. The number of carbonyl (C=O) groups is 2. The van der Waals surface area contributed by atoms with Crippen LogP contribution < -0.4 is 0 Å². The maximum Gasteiger partial charge on any atom is 0.177 e. The van der Waals surface area contributed by atoms with Gasteiger partial charge in [-0.1, -0.05) is 76.6 Å². The molecule has 152 valence electrons. The standard InChI is InChI=1S/C22H21BrO4S2/c23-21(22(25)17-9-5-2-6-10-17)18(13-26-14-28)20(27-15-29)12-11-19(24)16-7-3-1-4-8-16/h1-10,14-15,18,20-21H,11-13H2. The van der Waals surface area contributed by atoms with E-state index in [0.717, 1.165) is 11.1 Å². The molecule has 2 aromatic rings. The van der Waals surface area contributed by atoms with Crippen molar-refractivity contribution in [3.8, 4) is 0 Å². The average molecular weight is 493 g/mol. The number of ether oxygens (including phenoxy) is 2. The van der Waals surface area contributed by atoms with Gasteiger partial charge in [-0.15, -0.1) is 0 Å². The van der Waals surface area contributed by atoms with Crippen LogP contribution in [-0.4, -0.2) is 40.2 Å². The molecule has 0 spiro atoms. The van der Waals surface area contributed by atoms with Crippen LogP contribution in [0.2, 0.25) is 0 Å². The smallest absolute Gasteiger partial charge is 0.177 e. The van der Waals surface area contributed by atoms with Crippen LogP contribution >= 0.6 is 40.4 Å². The van der Waals surface area contributed by atoms with Gasteiger partial charge in [-0.05, 0) is 30.9 Å². The molecule has 2 rings (SSSR count). The number of thiocarbonyl (C=S) groups is 2. The first kappa shape index (κ1) is 23.3. The predicted octanol–water partition coefficient (Wildman–Crippen LogP) is 5.23. The molecule has 0 aliphatic heterocycles. The molecule has 7 heteroatoms. The summed E-state index contributed by atoms with van der Waals surface area (Å²) in [5, 5.41) is 0. The van der Waals surface area contributed by atoms with Crippen molar-refractivity contribution in [2.24, 2.45) is 5.92 Å². The Kier molecular flexibility index (Phi) is 10.1. The number of benzene rings is 2. The van der Waals surface area contributed by atoms with Gasteiger partial charge in [0.1, 0.15) is 17.2 Å². The summed E-state index contributed by atoms with van der Waals surface area (Å²) in [7, 11) is 0. The van der Waals surface area contributed by atoms with E-state index < -0.39 is 16.8 Å². The van der Waals surface area contributed by atoms with Gasteiger partial charge in [0.25, 0.3) is 0 Å². The minimum atomic E-state index is -0.591. The molecule has 0 aromatic heterocycles. The summed E-state index contributed by atoms with van der Waals surface area (Å²) in [5.74, 6) is -0.501. The lowest BCUT2D eigenvalue weighted by Crippen LogP contribution is -2.38. The first-order valence-corrected chi connectivity index (χ1v) is 10.9. The van der Waals surface area contributed by atoms with Crippen molar-refractivity contribution < 1.29 is 19.1 Å². The van der Waals surface area contributed by atoms with E-state index in [4.69, 9.17) is 33.9 Å². The third kappa shape index (κ3) is 7.10. The molecular formula is C22H21BrO4S2. The summed E-state index contributed by atoms with van der Waals surface area (Å²) >= 11 is 13.2. The molecule has 4 nitrogen and oxygen atoms in total. The van der Waals surface area contributed by atoms with Gasteiger partial charge in [0.05, 0.1) is 11.4 Å². The van der Waals surface area contributed by atoms with Crippen LogP contribution in [-0.2, 0) is 9.47 Å². The molecule has 3 unspecified atom stereocenters. The average Bonchev–Trinajstić information content (AvgIpc) is 2.77. The lowest BCUT2D eigenvalue weighted by Gasteiger charge is -2.28. The number of hydrogen-bond donors (Lipinski definition) is 0. The van der Waals surface area contributed by atoms with Crippen molar-refractivity contribution >= 4 is 63.0 Å². The van der Waals surface area contributed by atoms with Gasteiger partial charge in [0, 0.05) is 23.5 Å². The van der Waals surface area contributed by atoms with Crippen molar-refractivity contribution in [1.29, 1.82) is 0 Å². The van der Waals surface area contributed by atoms with Gasteiger partial charge in [-0.25, -0.2) is 0 Å². The highest BCUT2D eigenvalue weighted by molar-refractivity contribution is 9.10. The summed E-state index contributed by atoms with van der Waals surface area (Å²) < 4.78 is 10.9. The molecule has 0 N–H and O–H groups in total. The third-order valence-electron chi connectivity index (χ3n) is 4.50. The largest absolute Gasteiger partial charge is 0.489 e. The van der Waals surface area contributed by atoms with E-state index in [2.05, 4.69) is 15.9 Å². The lowest BCUT2D eigenvalue weighted by molar-refractivity contribution is 0.0685. The Morgan fingerprint density at radius 1 is 0.931 bits per heavy atom. The van der Waals surface area contributed by atoms with Crippen LogP contribution in [0.4, 0.5) is 0 Å². The van der Waals surface area contributed by atoms with Crippen LogP contribution in [0.25, 0.3) is 0 Å². The second-order valence-electron chi connectivity index (χ2n) is 6.32. The highest BCUT2D eigenvalue weighted by atomic mass is 79.9. The van der Waals surface area contributed by atoms with Crippen molar-refractivity contribution in [3.05, 3.63) is 71.8 Å². The number of carbonyl (C=O) groups excluding carboxylic acids is 2. The number of Topliss-reactive ketones (excluding diaryl/α,β-unsaturated/α-hetero) is 2. The van der Waals surface area contributed by atoms with Crippen molar-refractivity contribution in [2.75, 3.05) is 6.61 Å². The van der Waals surface area contributed by atoms with Gasteiger partial charge in [-0.2, -0.15) is 0 Å². The Morgan fingerprint density at radius 2 is 1.52 bits per heavy atom. The van der Waals surface area contributed by atoms with Gasteiger partial charge in [-0.3, -0.25) is 9.59 Å². The summed E-state index contributed by atoms with van der Waals surface area (Å²) in [6.07, 6.45) is 0.147. The molecule has 0 saturated heterocycles. The highest BCUT2D eigenvalue weighted by Gasteiger charge is 2.35. The second kappa shape index (κ2) is 12.6. The topological polar surface area (TPSA) is 52.6 Å². The first-order chi connectivity index (χ1) is 14.1. The molecule has 0 aliphatic carbocycles. The quantitative estimate of drug-likeness (QED) is 0.217. The van der Waals surface area contributed by atoms with Crippen molar-refractivity contribution in [2.45, 2.75) is 23.8 Å². The maximum absolute atomic E-state index is 12.9. The van der Waals surface area contributed by atoms with Crippen LogP contribution in [0.15, 0.2) is 60.7 Å². The molecule has 0 saturated carbocycles. The van der Waals surface area contributed by atoms with Crippen molar-refractivity contribution in [3.63, 3.8) is 0 Å². The fraction of sp³-hybridized carbons (Fsp3) is 0.273. The Labute approximate surface area is 189 Å². The van der Waals surface area contributed by atoms with Crippen molar-refractivity contribution in [1.82, 2.24) is 0 Å². The number of rotatable bonds is 13. The van der Waals surface area contributed by atoms with Crippen LogP contribution in [0.5, 0.6) is 0 Å². The normalized spacial score (nSPS) is 13.6. The molecule has 2 aromatic carbocycles. The summed E-state index contributed by atoms with van der Waals surface area (Å²) in [6.45, 7) is 0.158. The maximum atomic E-state index is 12.9. The molecule has 0 heterocycles. The molecule has 0 radical (unpaired) electrons. The third-order valence-corrected chi connectivity index (χ3v) is 5.84. The van der Waals surface area contributed by atoms with Gasteiger partial charge >= 0.3 is 0 Å². The van der Waals surface area contributed by atoms with Crippen LogP contribution in [0.3, 0.4) is 0 Å². The SMILES string of the molecule is O=C(CCC(OC=S)C(COC=S)C(Br)C(=O)c1ccccc1)c1ccccc1. The molecule has 0 bridgehead atoms. The Morgan fingerprint density at radius 3 is 2.07 bits per heavy atom. The predicted molar refractivity (Wildman–Crippen MR) is 125 cm³/mol. The van der Waals surface area contributed by atoms with E-state index in [1.807, 2.05) is 24.3 Å². The molecule has 3 atom stereocenters. The molecule has 0 aliphatic rings. The second-order valence-corrected chi connectivity index (χ2v) is 7.70. The zero-order valence-corrected chi connectivity index (χ0v) is 18.8.